The van der Waals surface area contributed by atoms with Gasteiger partial charge in [0.05, 0.1) is 7.11 Å². The topological polar surface area (TPSA) is 42.4 Å². The normalized spacial score (nSPS) is 12.0. The van der Waals surface area contributed by atoms with Gasteiger partial charge in [-0.15, -0.1) is 0 Å². The molecule has 3 rings (SSSR count). The molecule has 0 aliphatic rings. The maximum Gasteiger partial charge on any atom is 0.273 e. The van der Waals surface area contributed by atoms with Crippen LogP contribution in [0.3, 0.4) is 0 Å². The fourth-order valence-electron chi connectivity index (χ4n) is 2.98. The third kappa shape index (κ3) is 3.48. The van der Waals surface area contributed by atoms with Crippen LogP contribution in [0, 0.1) is 0 Å². The Labute approximate surface area is 148 Å². The van der Waals surface area contributed by atoms with Crippen molar-refractivity contribution in [2.24, 2.45) is 0 Å². The van der Waals surface area contributed by atoms with Crippen LogP contribution in [-0.2, 0) is 6.42 Å². The largest absolute Gasteiger partial charge is 0.496 e. The van der Waals surface area contributed by atoms with E-state index in [2.05, 4.69) is 4.98 Å². The maximum absolute atomic E-state index is 13.0. The van der Waals surface area contributed by atoms with Crippen LogP contribution < -0.4 is 4.74 Å². The number of carbonyl (C=O) groups excluding carboxylic acids is 1. The monoisotopic (exact) mass is 334 g/mol. The molecule has 1 atom stereocenters. The predicted octanol–water partition coefficient (Wildman–Crippen LogP) is 3.95. The van der Waals surface area contributed by atoms with E-state index in [-0.39, 0.29) is 11.9 Å². The smallest absolute Gasteiger partial charge is 0.273 e. The molecule has 0 aliphatic heterocycles. The van der Waals surface area contributed by atoms with E-state index < -0.39 is 0 Å². The number of hydrogen-bond acceptors (Lipinski definition) is 3. The zero-order valence-corrected chi connectivity index (χ0v) is 14.8. The average Bonchev–Trinajstić information content (AvgIpc) is 2.66. The van der Waals surface area contributed by atoms with Crippen molar-refractivity contribution >= 4 is 16.7 Å². The fraction of sp³-hybridized carbons (Fsp3) is 0.238. The molecule has 0 spiro atoms. The first-order valence-electron chi connectivity index (χ1n) is 8.34. The Balaban J connectivity index is 1.84. The summed E-state index contributed by atoms with van der Waals surface area (Å²) in [5.74, 6) is 0.776. The molecule has 0 bridgehead atoms. The fourth-order valence-corrected chi connectivity index (χ4v) is 2.98. The maximum atomic E-state index is 13.0. The lowest BCUT2D eigenvalue weighted by molar-refractivity contribution is 0.0739. The number of fused-ring (bicyclic) bond motifs is 1. The molecule has 0 saturated heterocycles. The minimum atomic E-state index is -0.0702. The van der Waals surface area contributed by atoms with E-state index in [1.165, 1.54) is 0 Å². The van der Waals surface area contributed by atoms with E-state index in [1.54, 1.807) is 18.2 Å². The highest BCUT2D eigenvalue weighted by Crippen LogP contribution is 2.22. The van der Waals surface area contributed by atoms with Gasteiger partial charge in [0.15, 0.2) is 0 Å². The summed E-state index contributed by atoms with van der Waals surface area (Å²) < 4.78 is 5.41. The highest BCUT2D eigenvalue weighted by Gasteiger charge is 2.21. The van der Waals surface area contributed by atoms with Crippen LogP contribution in [0.5, 0.6) is 5.75 Å². The molecule has 0 saturated carbocycles. The van der Waals surface area contributed by atoms with Crippen LogP contribution in [0.4, 0.5) is 0 Å². The predicted molar refractivity (Wildman–Crippen MR) is 100.0 cm³/mol. The molecule has 0 unspecified atom stereocenters. The van der Waals surface area contributed by atoms with Crippen molar-refractivity contribution in [1.82, 2.24) is 9.88 Å². The molecule has 4 heteroatoms. The van der Waals surface area contributed by atoms with Gasteiger partial charge in [-0.1, -0.05) is 42.5 Å². The number of pyridine rings is 1. The Morgan fingerprint density at radius 1 is 1.12 bits per heavy atom. The number of para-hydroxylation sites is 1. The quantitative estimate of drug-likeness (QED) is 0.709. The van der Waals surface area contributed by atoms with Gasteiger partial charge in [-0.05, 0) is 36.4 Å². The number of ether oxygens (including phenoxy) is 1. The first-order valence-corrected chi connectivity index (χ1v) is 8.34. The van der Waals surface area contributed by atoms with Crippen molar-refractivity contribution in [3.05, 3.63) is 72.1 Å². The molecule has 25 heavy (non-hydrogen) atoms. The Morgan fingerprint density at radius 2 is 1.84 bits per heavy atom. The summed E-state index contributed by atoms with van der Waals surface area (Å²) in [6.45, 7) is 2.04. The van der Waals surface area contributed by atoms with Gasteiger partial charge in [0, 0.05) is 24.7 Å². The minimum Gasteiger partial charge on any atom is -0.496 e. The van der Waals surface area contributed by atoms with Crippen molar-refractivity contribution in [2.45, 2.75) is 19.4 Å². The number of benzene rings is 2. The Bertz CT molecular complexity index is 886. The lowest BCUT2D eigenvalue weighted by atomic mass is 10.0. The lowest BCUT2D eigenvalue weighted by Gasteiger charge is -2.25. The molecule has 1 aromatic heterocycles. The molecule has 0 N–H and O–H groups in total. The zero-order chi connectivity index (χ0) is 17.8. The van der Waals surface area contributed by atoms with Crippen molar-refractivity contribution in [3.8, 4) is 5.75 Å². The summed E-state index contributed by atoms with van der Waals surface area (Å²) in [5.41, 5.74) is 1.58. The number of methoxy groups -OCH3 is 1. The number of likely N-dealkylation sites (N-methyl/N-ethyl adjacent to an activating group) is 1. The Hall–Kier alpha value is -2.88. The molecular weight excluding hydrogens is 312 g/mol. The first kappa shape index (κ1) is 17.0. The van der Waals surface area contributed by atoms with E-state index in [4.69, 9.17) is 4.74 Å². The number of hydrogen-bond donors (Lipinski definition) is 0. The highest BCUT2D eigenvalue weighted by atomic mass is 16.5. The summed E-state index contributed by atoms with van der Waals surface area (Å²) in [7, 11) is 3.49. The van der Waals surface area contributed by atoms with Crippen molar-refractivity contribution in [1.29, 1.82) is 0 Å². The van der Waals surface area contributed by atoms with E-state index in [9.17, 15) is 4.79 Å². The van der Waals surface area contributed by atoms with Gasteiger partial charge in [-0.2, -0.15) is 0 Å². The zero-order valence-electron chi connectivity index (χ0n) is 14.8. The second-order valence-corrected chi connectivity index (χ2v) is 6.16. The number of aromatic nitrogens is 1. The van der Waals surface area contributed by atoms with Gasteiger partial charge in [-0.25, -0.2) is 0 Å². The summed E-state index contributed by atoms with van der Waals surface area (Å²) in [6.07, 6.45) is 2.41. The van der Waals surface area contributed by atoms with E-state index in [1.807, 2.05) is 68.6 Å². The summed E-state index contributed by atoms with van der Waals surface area (Å²) in [6, 6.07) is 17.7. The van der Waals surface area contributed by atoms with E-state index in [0.29, 0.717) is 5.69 Å². The highest BCUT2D eigenvalue weighted by molar-refractivity contribution is 6.05. The Kier molecular flexibility index (Phi) is 4.98. The third-order valence-electron chi connectivity index (χ3n) is 4.57. The summed E-state index contributed by atoms with van der Waals surface area (Å²) in [4.78, 5) is 19.1. The van der Waals surface area contributed by atoms with Crippen LogP contribution in [0.15, 0.2) is 60.8 Å². The number of carbonyl (C=O) groups is 1. The summed E-state index contributed by atoms with van der Waals surface area (Å²) >= 11 is 0. The number of nitrogens with zero attached hydrogens (tertiary/aromatic N) is 2. The van der Waals surface area contributed by atoms with E-state index >= 15 is 0 Å². The summed E-state index contributed by atoms with van der Waals surface area (Å²) in [5, 5.41) is 1.90. The van der Waals surface area contributed by atoms with Crippen LogP contribution >= 0.6 is 0 Å². The van der Waals surface area contributed by atoms with E-state index in [0.717, 1.165) is 28.5 Å². The van der Waals surface area contributed by atoms with Crippen molar-refractivity contribution in [3.63, 3.8) is 0 Å². The Morgan fingerprint density at radius 3 is 2.64 bits per heavy atom. The average molecular weight is 334 g/mol. The van der Waals surface area contributed by atoms with Gasteiger partial charge >= 0.3 is 0 Å². The minimum absolute atomic E-state index is 0.0181. The van der Waals surface area contributed by atoms with Gasteiger partial charge in [0.1, 0.15) is 11.4 Å². The van der Waals surface area contributed by atoms with Crippen molar-refractivity contribution < 1.29 is 9.53 Å². The van der Waals surface area contributed by atoms with Gasteiger partial charge < -0.3 is 9.64 Å². The van der Waals surface area contributed by atoms with Crippen LogP contribution in [0.2, 0.25) is 0 Å². The molecule has 1 amide bonds. The van der Waals surface area contributed by atoms with Gasteiger partial charge in [0.2, 0.25) is 0 Å². The molecule has 1 heterocycles. The third-order valence-corrected chi connectivity index (χ3v) is 4.57. The molecule has 3 aromatic rings. The molecule has 0 fully saturated rings. The van der Waals surface area contributed by atoms with Gasteiger partial charge in [0.25, 0.3) is 5.91 Å². The molecular formula is C21H22N2O2. The molecule has 0 radical (unpaired) electrons. The SMILES string of the molecule is COc1ccccc1C[C@@H](C)N(C)C(=O)c1nccc2ccccc12. The second-order valence-electron chi connectivity index (χ2n) is 6.16. The molecule has 2 aromatic carbocycles. The van der Waals surface area contributed by atoms with Crippen molar-refractivity contribution in [2.75, 3.05) is 14.2 Å². The number of amides is 1. The molecule has 128 valence electrons. The first-order chi connectivity index (χ1) is 12.1. The van der Waals surface area contributed by atoms with Crippen LogP contribution in [0.1, 0.15) is 23.0 Å². The van der Waals surface area contributed by atoms with Crippen LogP contribution in [0.25, 0.3) is 10.8 Å². The molecule has 4 nitrogen and oxygen atoms in total. The number of rotatable bonds is 5. The standard InChI is InChI=1S/C21H22N2O2/c1-15(14-17-9-5-7-11-19(17)25-3)23(2)21(24)20-18-10-6-4-8-16(18)12-13-22-20/h4-13,15H,14H2,1-3H3/t15-/m1/s1. The second kappa shape index (κ2) is 7.34. The lowest BCUT2D eigenvalue weighted by Crippen LogP contribution is -2.37. The van der Waals surface area contributed by atoms with Crippen LogP contribution in [-0.4, -0.2) is 36.0 Å². The van der Waals surface area contributed by atoms with Gasteiger partial charge in [-0.3, -0.25) is 9.78 Å². The molecule has 0 aliphatic carbocycles.